The van der Waals surface area contributed by atoms with Gasteiger partial charge in [-0.15, -0.1) is 0 Å². The van der Waals surface area contributed by atoms with E-state index in [4.69, 9.17) is 4.74 Å². The maximum absolute atomic E-state index is 5.40. The zero-order chi connectivity index (χ0) is 13.5. The lowest BCUT2D eigenvalue weighted by atomic mass is 10.2. The molecule has 2 aromatic rings. The fourth-order valence-corrected chi connectivity index (χ4v) is 1.68. The molecule has 98 valence electrons. The van der Waals surface area contributed by atoms with E-state index in [2.05, 4.69) is 5.10 Å². The van der Waals surface area contributed by atoms with E-state index in [-0.39, 0.29) is 0 Å². The number of ether oxygens (including phenoxy) is 1. The van der Waals surface area contributed by atoms with E-state index in [1.54, 1.807) is 0 Å². The van der Waals surface area contributed by atoms with Crippen LogP contribution >= 0.6 is 0 Å². The number of hydrogen-bond acceptors (Lipinski definition) is 3. The van der Waals surface area contributed by atoms with E-state index in [0.717, 1.165) is 17.0 Å². The second-order valence-electron chi connectivity index (χ2n) is 4.11. The molecule has 0 aliphatic heterocycles. The predicted octanol–water partition coefficient (Wildman–Crippen LogP) is 3.56. The molecule has 2 aromatic carbocycles. The molecular weight excluding hydrogens is 236 g/mol. The Morgan fingerprint density at radius 2 is 1.74 bits per heavy atom. The highest BCUT2D eigenvalue weighted by Crippen LogP contribution is 2.13. The first-order valence-electron chi connectivity index (χ1n) is 6.35. The minimum absolute atomic E-state index is 0.685. The molecule has 0 fully saturated rings. The molecule has 0 unspecified atom stereocenters. The van der Waals surface area contributed by atoms with Crippen LogP contribution in [0.25, 0.3) is 0 Å². The van der Waals surface area contributed by atoms with Crippen molar-refractivity contribution in [2.45, 2.75) is 6.92 Å². The standard InChI is InChI=1S/C16H18N2O/c1-3-19-16-11-9-14(10-12-16)13-17-18(2)15-7-5-4-6-8-15/h4-13H,3H2,1-2H3. The van der Waals surface area contributed by atoms with Crippen molar-refractivity contribution in [3.8, 4) is 5.75 Å². The maximum atomic E-state index is 5.40. The summed E-state index contributed by atoms with van der Waals surface area (Å²) in [4.78, 5) is 0. The highest BCUT2D eigenvalue weighted by atomic mass is 16.5. The SMILES string of the molecule is CCOc1ccc(C=NN(C)c2ccccc2)cc1. The fourth-order valence-electron chi connectivity index (χ4n) is 1.68. The Morgan fingerprint density at radius 1 is 1.05 bits per heavy atom. The van der Waals surface area contributed by atoms with Crippen molar-refractivity contribution in [1.29, 1.82) is 0 Å². The molecule has 0 spiro atoms. The number of anilines is 1. The van der Waals surface area contributed by atoms with Gasteiger partial charge < -0.3 is 4.74 Å². The van der Waals surface area contributed by atoms with Crippen molar-refractivity contribution in [2.24, 2.45) is 5.10 Å². The van der Waals surface area contributed by atoms with Crippen molar-refractivity contribution >= 4 is 11.9 Å². The Morgan fingerprint density at radius 3 is 2.37 bits per heavy atom. The van der Waals surface area contributed by atoms with Gasteiger partial charge >= 0.3 is 0 Å². The summed E-state index contributed by atoms with van der Waals surface area (Å²) in [5, 5.41) is 6.25. The minimum Gasteiger partial charge on any atom is -0.494 e. The molecule has 3 nitrogen and oxygen atoms in total. The third-order valence-corrected chi connectivity index (χ3v) is 2.70. The van der Waals surface area contributed by atoms with Gasteiger partial charge in [0, 0.05) is 7.05 Å². The zero-order valence-corrected chi connectivity index (χ0v) is 11.3. The Kier molecular flexibility index (Phi) is 4.56. The lowest BCUT2D eigenvalue weighted by molar-refractivity contribution is 0.340. The Bertz CT molecular complexity index is 520. The normalized spacial score (nSPS) is 10.6. The van der Waals surface area contributed by atoms with Crippen molar-refractivity contribution in [2.75, 3.05) is 18.7 Å². The van der Waals surface area contributed by atoms with Gasteiger partial charge in [-0.3, -0.25) is 5.01 Å². The van der Waals surface area contributed by atoms with Crippen molar-refractivity contribution in [3.05, 3.63) is 60.2 Å². The van der Waals surface area contributed by atoms with E-state index in [1.807, 2.05) is 79.8 Å². The second-order valence-corrected chi connectivity index (χ2v) is 4.11. The van der Waals surface area contributed by atoms with Crippen LogP contribution in [0.15, 0.2) is 59.7 Å². The summed E-state index contributed by atoms with van der Waals surface area (Å²) in [5.41, 5.74) is 2.11. The first kappa shape index (κ1) is 13.1. The highest BCUT2D eigenvalue weighted by Gasteiger charge is 1.96. The predicted molar refractivity (Wildman–Crippen MR) is 80.1 cm³/mol. The van der Waals surface area contributed by atoms with Crippen LogP contribution in [0, 0.1) is 0 Å². The zero-order valence-electron chi connectivity index (χ0n) is 11.3. The van der Waals surface area contributed by atoms with Gasteiger partial charge in [-0.2, -0.15) is 5.10 Å². The van der Waals surface area contributed by atoms with Crippen LogP contribution in [-0.2, 0) is 0 Å². The largest absolute Gasteiger partial charge is 0.494 e. The van der Waals surface area contributed by atoms with Crippen LogP contribution in [0.2, 0.25) is 0 Å². The lowest BCUT2D eigenvalue weighted by Crippen LogP contribution is -2.08. The maximum Gasteiger partial charge on any atom is 0.119 e. The molecule has 0 bridgehead atoms. The second kappa shape index (κ2) is 6.59. The van der Waals surface area contributed by atoms with Gasteiger partial charge in [0.2, 0.25) is 0 Å². The quantitative estimate of drug-likeness (QED) is 0.602. The van der Waals surface area contributed by atoms with Crippen LogP contribution in [0.1, 0.15) is 12.5 Å². The molecule has 3 heteroatoms. The average molecular weight is 254 g/mol. The smallest absolute Gasteiger partial charge is 0.119 e. The van der Waals surface area contributed by atoms with Gasteiger partial charge in [0.1, 0.15) is 5.75 Å². The summed E-state index contributed by atoms with van der Waals surface area (Å²) in [6.45, 7) is 2.66. The third kappa shape index (κ3) is 3.85. The summed E-state index contributed by atoms with van der Waals surface area (Å²) in [6, 6.07) is 17.9. The summed E-state index contributed by atoms with van der Waals surface area (Å²) in [6.07, 6.45) is 1.84. The van der Waals surface area contributed by atoms with Gasteiger partial charge in [0.25, 0.3) is 0 Å². The number of nitrogens with zero attached hydrogens (tertiary/aromatic N) is 2. The van der Waals surface area contributed by atoms with Crippen LogP contribution in [0.3, 0.4) is 0 Å². The van der Waals surface area contributed by atoms with Crippen LogP contribution in [-0.4, -0.2) is 19.9 Å². The molecule has 0 saturated carbocycles. The van der Waals surface area contributed by atoms with Gasteiger partial charge in [0.15, 0.2) is 0 Å². The van der Waals surface area contributed by atoms with Crippen LogP contribution < -0.4 is 9.75 Å². The van der Waals surface area contributed by atoms with Crippen LogP contribution in [0.4, 0.5) is 5.69 Å². The van der Waals surface area contributed by atoms with Gasteiger partial charge in [-0.05, 0) is 48.9 Å². The molecule has 0 N–H and O–H groups in total. The summed E-state index contributed by atoms with van der Waals surface area (Å²) >= 11 is 0. The Hall–Kier alpha value is -2.29. The number of para-hydroxylation sites is 1. The molecule has 0 aliphatic rings. The van der Waals surface area contributed by atoms with Gasteiger partial charge in [0.05, 0.1) is 18.5 Å². The van der Waals surface area contributed by atoms with Crippen molar-refractivity contribution in [3.63, 3.8) is 0 Å². The molecule has 0 aromatic heterocycles. The lowest BCUT2D eigenvalue weighted by Gasteiger charge is -2.12. The minimum atomic E-state index is 0.685. The van der Waals surface area contributed by atoms with Crippen molar-refractivity contribution < 1.29 is 4.74 Å². The molecule has 0 heterocycles. The van der Waals surface area contributed by atoms with Crippen molar-refractivity contribution in [1.82, 2.24) is 0 Å². The molecule has 2 rings (SSSR count). The Labute approximate surface area is 114 Å². The third-order valence-electron chi connectivity index (χ3n) is 2.70. The molecule has 0 amide bonds. The number of hydrazone groups is 1. The van der Waals surface area contributed by atoms with Crippen LogP contribution in [0.5, 0.6) is 5.75 Å². The number of benzene rings is 2. The fraction of sp³-hybridized carbons (Fsp3) is 0.188. The molecule has 0 aliphatic carbocycles. The topological polar surface area (TPSA) is 24.8 Å². The first-order chi connectivity index (χ1) is 9.29. The van der Waals surface area contributed by atoms with E-state index < -0.39 is 0 Å². The molecule has 0 radical (unpaired) electrons. The van der Waals surface area contributed by atoms with E-state index in [1.165, 1.54) is 0 Å². The average Bonchev–Trinajstić information content (AvgIpc) is 2.47. The summed E-state index contributed by atoms with van der Waals surface area (Å²) in [7, 11) is 1.93. The summed E-state index contributed by atoms with van der Waals surface area (Å²) in [5.74, 6) is 0.885. The van der Waals surface area contributed by atoms with E-state index in [0.29, 0.717) is 6.61 Å². The van der Waals surface area contributed by atoms with Gasteiger partial charge in [-0.25, -0.2) is 0 Å². The Balaban J connectivity index is 2.02. The van der Waals surface area contributed by atoms with E-state index >= 15 is 0 Å². The number of rotatable bonds is 5. The first-order valence-corrected chi connectivity index (χ1v) is 6.35. The summed E-state index contributed by atoms with van der Waals surface area (Å²) < 4.78 is 5.40. The molecule has 0 saturated heterocycles. The monoisotopic (exact) mass is 254 g/mol. The molecule has 0 atom stereocenters. The van der Waals surface area contributed by atoms with E-state index in [9.17, 15) is 0 Å². The van der Waals surface area contributed by atoms with Gasteiger partial charge in [-0.1, -0.05) is 18.2 Å². The number of hydrogen-bond donors (Lipinski definition) is 0. The molecular formula is C16H18N2O. The molecule has 19 heavy (non-hydrogen) atoms. The highest BCUT2D eigenvalue weighted by molar-refractivity contribution is 5.80.